The standard InChI is InChI=1S/C13H21NO/c1-4-13(5-2,10-15)14-12-9-7-6-8-11(12)3/h6-9,14-15H,4-5,10H2,1-3H3. The first-order valence-corrected chi connectivity index (χ1v) is 5.62. The SMILES string of the molecule is CCC(CC)(CO)Nc1ccccc1C. The van der Waals surface area contributed by atoms with Gasteiger partial charge < -0.3 is 10.4 Å². The van der Waals surface area contributed by atoms with Gasteiger partial charge in [-0.05, 0) is 31.4 Å². The Kier molecular flexibility index (Phi) is 4.15. The number of aliphatic hydroxyl groups excluding tert-OH is 1. The molecule has 0 atom stereocenters. The summed E-state index contributed by atoms with van der Waals surface area (Å²) in [7, 11) is 0. The number of hydrogen-bond donors (Lipinski definition) is 2. The molecule has 2 N–H and O–H groups in total. The lowest BCUT2D eigenvalue weighted by molar-refractivity contribution is 0.202. The third kappa shape index (κ3) is 2.72. The summed E-state index contributed by atoms with van der Waals surface area (Å²) < 4.78 is 0. The zero-order valence-corrected chi connectivity index (χ0v) is 9.88. The summed E-state index contributed by atoms with van der Waals surface area (Å²) in [6, 6.07) is 8.18. The van der Waals surface area contributed by atoms with Gasteiger partial charge in [-0.15, -0.1) is 0 Å². The molecule has 1 rings (SSSR count). The lowest BCUT2D eigenvalue weighted by Crippen LogP contribution is -2.41. The first kappa shape index (κ1) is 12.1. The molecule has 0 spiro atoms. The van der Waals surface area contributed by atoms with Crippen molar-refractivity contribution in [2.75, 3.05) is 11.9 Å². The minimum absolute atomic E-state index is 0.174. The fourth-order valence-electron chi connectivity index (χ4n) is 1.69. The fraction of sp³-hybridized carbons (Fsp3) is 0.538. The van der Waals surface area contributed by atoms with E-state index in [1.807, 2.05) is 12.1 Å². The van der Waals surface area contributed by atoms with E-state index in [9.17, 15) is 5.11 Å². The van der Waals surface area contributed by atoms with Crippen LogP contribution in [0.4, 0.5) is 5.69 Å². The van der Waals surface area contributed by atoms with Crippen molar-refractivity contribution in [2.24, 2.45) is 0 Å². The average Bonchev–Trinajstić information content (AvgIpc) is 2.29. The van der Waals surface area contributed by atoms with Crippen molar-refractivity contribution in [2.45, 2.75) is 39.2 Å². The average molecular weight is 207 g/mol. The first-order chi connectivity index (χ1) is 7.17. The fourth-order valence-corrected chi connectivity index (χ4v) is 1.69. The summed E-state index contributed by atoms with van der Waals surface area (Å²) >= 11 is 0. The van der Waals surface area contributed by atoms with E-state index >= 15 is 0 Å². The number of aliphatic hydroxyl groups is 1. The molecule has 2 nitrogen and oxygen atoms in total. The number of anilines is 1. The topological polar surface area (TPSA) is 32.3 Å². The molecule has 0 aliphatic carbocycles. The van der Waals surface area contributed by atoms with Crippen molar-refractivity contribution in [3.05, 3.63) is 29.8 Å². The molecule has 1 aromatic carbocycles. The molecular formula is C13H21NO. The second-order valence-electron chi connectivity index (χ2n) is 4.09. The van der Waals surface area contributed by atoms with Crippen molar-refractivity contribution in [1.82, 2.24) is 0 Å². The van der Waals surface area contributed by atoms with Crippen molar-refractivity contribution in [1.29, 1.82) is 0 Å². The molecule has 0 fully saturated rings. The molecule has 0 saturated heterocycles. The largest absolute Gasteiger partial charge is 0.394 e. The van der Waals surface area contributed by atoms with E-state index in [-0.39, 0.29) is 12.1 Å². The second kappa shape index (κ2) is 5.17. The third-order valence-corrected chi connectivity index (χ3v) is 3.20. The van der Waals surface area contributed by atoms with Gasteiger partial charge >= 0.3 is 0 Å². The van der Waals surface area contributed by atoms with E-state index in [1.54, 1.807) is 0 Å². The zero-order chi connectivity index (χ0) is 11.3. The molecule has 0 heterocycles. The molecule has 0 aliphatic heterocycles. The van der Waals surface area contributed by atoms with Gasteiger partial charge in [0, 0.05) is 5.69 Å². The normalized spacial score (nSPS) is 11.5. The Hall–Kier alpha value is -1.02. The number of rotatable bonds is 5. The van der Waals surface area contributed by atoms with Crippen LogP contribution >= 0.6 is 0 Å². The van der Waals surface area contributed by atoms with Crippen molar-refractivity contribution >= 4 is 5.69 Å². The molecule has 2 heteroatoms. The van der Waals surface area contributed by atoms with Gasteiger partial charge in [-0.25, -0.2) is 0 Å². The van der Waals surface area contributed by atoms with Crippen molar-refractivity contribution in [3.63, 3.8) is 0 Å². The molecular weight excluding hydrogens is 186 g/mol. The summed E-state index contributed by atoms with van der Waals surface area (Å²) in [5.74, 6) is 0. The van der Waals surface area contributed by atoms with Gasteiger partial charge in [-0.1, -0.05) is 32.0 Å². The highest BCUT2D eigenvalue weighted by atomic mass is 16.3. The van der Waals surface area contributed by atoms with Gasteiger partial charge in [0.15, 0.2) is 0 Å². The number of hydrogen-bond acceptors (Lipinski definition) is 2. The highest BCUT2D eigenvalue weighted by molar-refractivity contribution is 5.52. The number of para-hydroxylation sites is 1. The lowest BCUT2D eigenvalue weighted by atomic mass is 9.93. The minimum Gasteiger partial charge on any atom is -0.394 e. The molecule has 0 bridgehead atoms. The Morgan fingerprint density at radius 2 is 1.80 bits per heavy atom. The van der Waals surface area contributed by atoms with Gasteiger partial charge in [0.25, 0.3) is 0 Å². The van der Waals surface area contributed by atoms with Gasteiger partial charge in [0.2, 0.25) is 0 Å². The van der Waals surface area contributed by atoms with Gasteiger partial charge in [0.1, 0.15) is 0 Å². The molecule has 0 amide bonds. The van der Waals surface area contributed by atoms with Crippen LogP contribution in [0.2, 0.25) is 0 Å². The number of aryl methyl sites for hydroxylation is 1. The molecule has 0 unspecified atom stereocenters. The van der Waals surface area contributed by atoms with Crippen molar-refractivity contribution in [3.8, 4) is 0 Å². The monoisotopic (exact) mass is 207 g/mol. The van der Waals surface area contributed by atoms with E-state index in [1.165, 1.54) is 5.56 Å². The summed E-state index contributed by atoms with van der Waals surface area (Å²) in [4.78, 5) is 0. The van der Waals surface area contributed by atoms with Crippen LogP contribution in [0.3, 0.4) is 0 Å². The summed E-state index contributed by atoms with van der Waals surface area (Å²) in [6.45, 7) is 6.46. The molecule has 0 saturated carbocycles. The van der Waals surface area contributed by atoms with Crippen LogP contribution in [-0.4, -0.2) is 17.3 Å². The minimum atomic E-state index is -0.174. The molecule has 0 aromatic heterocycles. The maximum Gasteiger partial charge on any atom is 0.0661 e. The van der Waals surface area contributed by atoms with Gasteiger partial charge in [0.05, 0.1) is 12.1 Å². The number of nitrogens with one attached hydrogen (secondary N) is 1. The molecule has 0 aliphatic rings. The summed E-state index contributed by atoms with van der Waals surface area (Å²) in [5, 5.41) is 12.9. The predicted octanol–water partition coefficient (Wildman–Crippen LogP) is 2.96. The first-order valence-electron chi connectivity index (χ1n) is 5.62. The Bertz CT molecular complexity index is 297. The van der Waals surface area contributed by atoms with Crippen LogP contribution in [0.25, 0.3) is 0 Å². The van der Waals surface area contributed by atoms with Gasteiger partial charge in [-0.2, -0.15) is 0 Å². The van der Waals surface area contributed by atoms with E-state index < -0.39 is 0 Å². The zero-order valence-electron chi connectivity index (χ0n) is 9.88. The highest BCUT2D eigenvalue weighted by Gasteiger charge is 2.24. The second-order valence-corrected chi connectivity index (χ2v) is 4.09. The van der Waals surface area contributed by atoms with E-state index in [0.717, 1.165) is 18.5 Å². The summed E-state index contributed by atoms with van der Waals surface area (Å²) in [6.07, 6.45) is 1.85. The molecule has 0 radical (unpaired) electrons. The Balaban J connectivity index is 2.88. The predicted molar refractivity (Wildman–Crippen MR) is 65.2 cm³/mol. The molecule has 1 aromatic rings. The lowest BCUT2D eigenvalue weighted by Gasteiger charge is -2.32. The third-order valence-electron chi connectivity index (χ3n) is 3.20. The molecule has 84 valence electrons. The van der Waals surface area contributed by atoms with Crippen LogP contribution in [0.5, 0.6) is 0 Å². The quantitative estimate of drug-likeness (QED) is 0.778. The van der Waals surface area contributed by atoms with Crippen LogP contribution < -0.4 is 5.32 Å². The smallest absolute Gasteiger partial charge is 0.0661 e. The Morgan fingerprint density at radius 1 is 1.20 bits per heavy atom. The van der Waals surface area contributed by atoms with Crippen LogP contribution in [-0.2, 0) is 0 Å². The van der Waals surface area contributed by atoms with Crippen molar-refractivity contribution < 1.29 is 5.11 Å². The van der Waals surface area contributed by atoms with Crippen LogP contribution in [0.1, 0.15) is 32.3 Å². The summed E-state index contributed by atoms with van der Waals surface area (Å²) in [5.41, 5.74) is 2.17. The van der Waals surface area contributed by atoms with Crippen LogP contribution in [0, 0.1) is 6.92 Å². The van der Waals surface area contributed by atoms with E-state index in [4.69, 9.17) is 0 Å². The maximum absolute atomic E-state index is 9.47. The van der Waals surface area contributed by atoms with E-state index in [2.05, 4.69) is 38.2 Å². The number of benzene rings is 1. The Morgan fingerprint density at radius 3 is 2.27 bits per heavy atom. The molecule has 15 heavy (non-hydrogen) atoms. The Labute approximate surface area is 92.3 Å². The van der Waals surface area contributed by atoms with Gasteiger partial charge in [-0.3, -0.25) is 0 Å². The van der Waals surface area contributed by atoms with E-state index in [0.29, 0.717) is 0 Å². The van der Waals surface area contributed by atoms with Crippen LogP contribution in [0.15, 0.2) is 24.3 Å². The highest BCUT2D eigenvalue weighted by Crippen LogP contribution is 2.23. The maximum atomic E-state index is 9.47.